The minimum atomic E-state index is 0. The Morgan fingerprint density at radius 1 is 1.07 bits per heavy atom. The number of benzene rings is 3. The van der Waals surface area contributed by atoms with Crippen LogP contribution in [0, 0.1) is 0 Å². The first-order valence-corrected chi connectivity index (χ1v) is 10.3. The van der Waals surface area contributed by atoms with Crippen molar-refractivity contribution < 1.29 is 23.5 Å². The Morgan fingerprint density at radius 2 is 1.90 bits per heavy atom. The second-order valence-electron chi connectivity index (χ2n) is 7.04. The number of aromatic nitrogens is 1. The molecule has 0 bridgehead atoms. The summed E-state index contributed by atoms with van der Waals surface area (Å²) in [6.07, 6.45) is 3.14. The molecule has 0 spiro atoms. The van der Waals surface area contributed by atoms with Gasteiger partial charge < -0.3 is 18.9 Å². The lowest BCUT2D eigenvalue weighted by Gasteiger charge is -2.18. The van der Waals surface area contributed by atoms with Crippen LogP contribution < -0.4 is 23.5 Å². The van der Waals surface area contributed by atoms with Gasteiger partial charge >= 0.3 is 0 Å². The number of rotatable bonds is 3. The van der Waals surface area contributed by atoms with Gasteiger partial charge in [-0.15, -0.1) is 17.0 Å². The van der Waals surface area contributed by atoms with Crippen molar-refractivity contribution in [3.63, 3.8) is 0 Å². The van der Waals surface area contributed by atoms with E-state index in [2.05, 4.69) is 51.0 Å². The first kappa shape index (κ1) is 18.8. The number of halogens is 2. The normalized spacial score (nSPS) is 13.9. The first-order valence-electron chi connectivity index (χ1n) is 9.20. The summed E-state index contributed by atoms with van der Waals surface area (Å²) in [6, 6.07) is 10.6. The predicted molar refractivity (Wildman–Crippen MR) is 120 cm³/mol. The summed E-state index contributed by atoms with van der Waals surface area (Å²) in [6.45, 7) is 1.19. The lowest BCUT2D eigenvalue weighted by Crippen LogP contribution is -2.38. The molecule has 3 aromatic carbocycles. The molecule has 148 valence electrons. The van der Waals surface area contributed by atoms with Gasteiger partial charge in [-0.05, 0) is 51.8 Å². The van der Waals surface area contributed by atoms with Crippen LogP contribution in [0.4, 0.5) is 0 Å². The number of hydrogen-bond acceptors (Lipinski definition) is 4. The van der Waals surface area contributed by atoms with E-state index in [4.69, 9.17) is 18.9 Å². The van der Waals surface area contributed by atoms with Crippen LogP contribution in [0.25, 0.3) is 32.4 Å². The number of hydrogen-bond donors (Lipinski definition) is 0. The molecule has 0 amide bonds. The van der Waals surface area contributed by atoms with Gasteiger partial charge in [-0.25, -0.2) is 0 Å². The van der Waals surface area contributed by atoms with E-state index in [1.54, 1.807) is 7.11 Å². The number of fused-ring (bicyclic) bond motifs is 4. The Bertz CT molecular complexity index is 1310. The number of aryl methyl sites for hydroxylation is 2. The van der Waals surface area contributed by atoms with Gasteiger partial charge in [0.05, 0.1) is 23.3 Å². The monoisotopic (exact) mass is 518 g/mol. The van der Waals surface area contributed by atoms with Gasteiger partial charge in [-0.2, -0.15) is 4.57 Å². The Labute approximate surface area is 186 Å². The summed E-state index contributed by atoms with van der Waals surface area (Å²) >= 11 is 3.38. The van der Waals surface area contributed by atoms with Crippen molar-refractivity contribution >= 4 is 65.4 Å². The topological polar surface area (TPSA) is 40.8 Å². The lowest BCUT2D eigenvalue weighted by atomic mass is 9.93. The summed E-state index contributed by atoms with van der Waals surface area (Å²) < 4.78 is 25.2. The fourth-order valence-corrected chi connectivity index (χ4v) is 4.83. The molecule has 2 aliphatic rings. The average Bonchev–Trinajstić information content (AvgIpc) is 3.20. The zero-order chi connectivity index (χ0) is 18.8. The van der Waals surface area contributed by atoms with E-state index in [1.807, 2.05) is 6.07 Å². The van der Waals surface area contributed by atoms with E-state index in [1.165, 1.54) is 21.9 Å². The number of nitrogens with zero attached hydrogens (tertiary/aromatic N) is 1. The highest BCUT2D eigenvalue weighted by atomic mass is 79.9. The van der Waals surface area contributed by atoms with Gasteiger partial charge in [-0.1, -0.05) is 0 Å². The smallest absolute Gasteiger partial charge is 0.231 e. The SMILES string of the molecule is Br.COc1ccc2c(c[n+]3c4c2ccc2c5c(cc(c24)CC3)OCO5)c1OCBr. The van der Waals surface area contributed by atoms with Crippen LogP contribution in [0.2, 0.25) is 0 Å². The highest BCUT2D eigenvalue weighted by Gasteiger charge is 2.29. The second kappa shape index (κ2) is 6.92. The van der Waals surface area contributed by atoms with E-state index in [9.17, 15) is 0 Å². The molecule has 5 nitrogen and oxygen atoms in total. The maximum Gasteiger partial charge on any atom is 0.231 e. The third kappa shape index (κ3) is 2.53. The third-order valence-corrected chi connectivity index (χ3v) is 5.98. The Hall–Kier alpha value is -2.25. The van der Waals surface area contributed by atoms with Gasteiger partial charge in [-0.3, -0.25) is 0 Å². The summed E-state index contributed by atoms with van der Waals surface area (Å²) in [5, 5.41) is 5.78. The van der Waals surface area contributed by atoms with Crippen LogP contribution in [0.3, 0.4) is 0 Å². The van der Waals surface area contributed by atoms with Crippen LogP contribution in [0.1, 0.15) is 5.56 Å². The molecule has 3 heterocycles. The summed E-state index contributed by atoms with van der Waals surface area (Å²) in [5.41, 5.74) is 2.96. The van der Waals surface area contributed by atoms with Crippen molar-refractivity contribution in [3.8, 4) is 23.0 Å². The van der Waals surface area contributed by atoms with Crippen LogP contribution in [0.15, 0.2) is 36.5 Å². The zero-order valence-electron chi connectivity index (χ0n) is 15.7. The highest BCUT2D eigenvalue weighted by molar-refractivity contribution is 9.09. The largest absolute Gasteiger partial charge is 0.493 e. The Morgan fingerprint density at radius 3 is 2.72 bits per heavy atom. The van der Waals surface area contributed by atoms with Crippen molar-refractivity contribution in [1.29, 1.82) is 0 Å². The minimum Gasteiger partial charge on any atom is -0.493 e. The first-order chi connectivity index (χ1) is 13.8. The van der Waals surface area contributed by atoms with Gasteiger partial charge in [0.25, 0.3) is 0 Å². The third-order valence-electron chi connectivity index (χ3n) is 5.75. The van der Waals surface area contributed by atoms with Gasteiger partial charge in [0.2, 0.25) is 12.3 Å². The van der Waals surface area contributed by atoms with E-state index in [0.29, 0.717) is 5.52 Å². The number of pyridine rings is 1. The molecular weight excluding hydrogens is 502 g/mol. The standard InChI is InChI=1S/C22H17BrNO4.BrH/c1-25-17-5-4-13-14-2-3-15-19-12(8-18-21(15)28-11-27-18)6-7-24(20(14)19)9-16(13)22(17)26-10-23;/h2-5,8-9H,6-7,10-11H2,1H3;1H/q+1;. The molecule has 0 unspecified atom stereocenters. The predicted octanol–water partition coefficient (Wildman–Crippen LogP) is 5.04. The number of ether oxygens (including phenoxy) is 4. The average molecular weight is 520 g/mol. The van der Waals surface area contributed by atoms with Crippen LogP contribution in [0.5, 0.6) is 23.0 Å². The van der Waals surface area contributed by atoms with Crippen molar-refractivity contribution in [2.24, 2.45) is 0 Å². The molecule has 0 fully saturated rings. The quantitative estimate of drug-likeness (QED) is 0.216. The zero-order valence-corrected chi connectivity index (χ0v) is 19.0. The summed E-state index contributed by atoms with van der Waals surface area (Å²) in [4.78, 5) is 0. The minimum absolute atomic E-state index is 0. The van der Waals surface area contributed by atoms with E-state index >= 15 is 0 Å². The second-order valence-corrected chi connectivity index (χ2v) is 7.50. The molecule has 4 aromatic rings. The molecule has 0 saturated heterocycles. The molecule has 6 rings (SSSR count). The van der Waals surface area contributed by atoms with Crippen molar-refractivity contribution in [2.45, 2.75) is 13.0 Å². The molecule has 1 aromatic heterocycles. The van der Waals surface area contributed by atoms with Gasteiger partial charge in [0.15, 0.2) is 35.7 Å². The molecule has 0 saturated carbocycles. The fraction of sp³-hybridized carbons (Fsp3) is 0.227. The molecule has 2 aliphatic heterocycles. The maximum atomic E-state index is 5.89. The van der Waals surface area contributed by atoms with E-state index < -0.39 is 0 Å². The fourth-order valence-electron chi connectivity index (χ4n) is 4.60. The molecule has 0 aliphatic carbocycles. The van der Waals surface area contributed by atoms with E-state index in [0.717, 1.165) is 52.1 Å². The number of alkyl halides is 1. The highest BCUT2D eigenvalue weighted by Crippen LogP contribution is 2.46. The molecule has 0 N–H and O–H groups in total. The van der Waals surface area contributed by atoms with Crippen molar-refractivity contribution in [3.05, 3.63) is 42.1 Å². The van der Waals surface area contributed by atoms with E-state index in [-0.39, 0.29) is 23.8 Å². The van der Waals surface area contributed by atoms with Crippen molar-refractivity contribution in [2.75, 3.05) is 19.4 Å². The number of methoxy groups -OCH3 is 1. The Kier molecular flexibility index (Phi) is 4.47. The molecule has 29 heavy (non-hydrogen) atoms. The lowest BCUT2D eigenvalue weighted by molar-refractivity contribution is -0.670. The molecule has 7 heteroatoms. The summed E-state index contributed by atoms with van der Waals surface area (Å²) in [7, 11) is 1.67. The molecular formula is C22H18Br2NO4+. The van der Waals surface area contributed by atoms with Crippen molar-refractivity contribution in [1.82, 2.24) is 0 Å². The van der Waals surface area contributed by atoms with Crippen LogP contribution in [-0.4, -0.2) is 19.4 Å². The Balaban J connectivity index is 0.00000181. The maximum absolute atomic E-state index is 5.89. The molecule has 0 atom stereocenters. The van der Waals surface area contributed by atoms with Crippen LogP contribution >= 0.6 is 32.9 Å². The van der Waals surface area contributed by atoms with Crippen LogP contribution in [-0.2, 0) is 13.0 Å². The van der Waals surface area contributed by atoms with Gasteiger partial charge in [0.1, 0.15) is 5.52 Å². The van der Waals surface area contributed by atoms with Gasteiger partial charge in [0, 0.05) is 17.2 Å². The molecule has 0 radical (unpaired) electrons. The summed E-state index contributed by atoms with van der Waals surface area (Å²) in [5.74, 6) is 3.21.